The molecule has 0 radical (unpaired) electrons. The van der Waals surface area contributed by atoms with Gasteiger partial charge < -0.3 is 8.98 Å². The summed E-state index contributed by atoms with van der Waals surface area (Å²) in [5.41, 5.74) is 10.9. The second-order valence-electron chi connectivity index (χ2n) is 14.2. The third-order valence-electron chi connectivity index (χ3n) is 11.1. The van der Waals surface area contributed by atoms with E-state index in [-0.39, 0.29) is 0 Å². The molecule has 12 aromatic rings. The minimum absolute atomic E-state index is 0.613. The lowest BCUT2D eigenvalue weighted by Gasteiger charge is -2.12. The van der Waals surface area contributed by atoms with Gasteiger partial charge in [-0.2, -0.15) is 0 Å². The van der Waals surface area contributed by atoms with Gasteiger partial charge in [0.25, 0.3) is 0 Å². The predicted octanol–water partition coefficient (Wildman–Crippen LogP) is 13.1. The average Bonchev–Trinajstić information content (AvgIpc) is 3.91. The first-order valence-corrected chi connectivity index (χ1v) is 18.6. The Labute approximate surface area is 315 Å². The number of hydrogen-bond acceptors (Lipinski definition) is 3. The molecule has 0 fully saturated rings. The molecule has 0 bridgehead atoms. The number of hydrogen-bond donors (Lipinski definition) is 0. The van der Waals surface area contributed by atoms with Crippen molar-refractivity contribution in [1.29, 1.82) is 0 Å². The van der Waals surface area contributed by atoms with Gasteiger partial charge >= 0.3 is 0 Å². The maximum Gasteiger partial charge on any atom is 0.235 e. The fraction of sp³-hybridized carbons (Fsp3) is 0. The van der Waals surface area contributed by atoms with Crippen molar-refractivity contribution in [1.82, 2.24) is 19.1 Å². The molecule has 0 unspecified atom stereocenters. The molecule has 55 heavy (non-hydrogen) atoms. The fourth-order valence-electron chi connectivity index (χ4n) is 8.72. The van der Waals surface area contributed by atoms with Crippen LogP contribution in [-0.2, 0) is 0 Å². The summed E-state index contributed by atoms with van der Waals surface area (Å²) in [6.07, 6.45) is 0. The first-order chi connectivity index (χ1) is 27.3. The van der Waals surface area contributed by atoms with Crippen molar-refractivity contribution in [2.24, 2.45) is 0 Å². The van der Waals surface area contributed by atoms with Crippen LogP contribution in [0.2, 0.25) is 0 Å². The van der Waals surface area contributed by atoms with E-state index < -0.39 is 0 Å². The van der Waals surface area contributed by atoms with E-state index in [9.17, 15) is 0 Å². The zero-order valence-corrected chi connectivity index (χ0v) is 29.5. The molecule has 4 aromatic heterocycles. The van der Waals surface area contributed by atoms with Gasteiger partial charge in [0.05, 0.1) is 33.5 Å². The first kappa shape index (κ1) is 30.0. The quantitative estimate of drug-likeness (QED) is 0.183. The molecular formula is C50H30N4O. The zero-order chi connectivity index (χ0) is 36.0. The Morgan fingerprint density at radius 1 is 0.364 bits per heavy atom. The van der Waals surface area contributed by atoms with Crippen LogP contribution in [0.3, 0.4) is 0 Å². The van der Waals surface area contributed by atoms with E-state index in [1.165, 1.54) is 37.8 Å². The molecule has 256 valence electrons. The maximum absolute atomic E-state index is 6.35. The summed E-state index contributed by atoms with van der Waals surface area (Å²) in [6.45, 7) is 0. The Hall–Kier alpha value is -7.50. The van der Waals surface area contributed by atoms with Gasteiger partial charge in [0.1, 0.15) is 11.2 Å². The SMILES string of the molecule is c1ccc(-c2cc(-c3ccc4c(c3)oc3ccccc34)nc(-n3c4ccc5ccccc5c4c4c5c6ccccc6n(-c6ccccc6)c5ccc43)n2)cc1. The van der Waals surface area contributed by atoms with Crippen LogP contribution < -0.4 is 0 Å². The standard InChI is InChI=1S/C50H30N4O/c1-3-14-32(15-4-1)39-30-40(33-23-25-37-36-19-10-12-22-45(36)55-46(37)29-33)52-50(51-39)54-43-26-24-31-13-7-8-18-35(31)47(43)49-44(54)28-27-42-48(49)38-20-9-11-21-41(38)53(42)34-16-5-2-6-17-34/h1-30H. The number of furan rings is 1. The van der Waals surface area contributed by atoms with Crippen molar-refractivity contribution < 1.29 is 4.42 Å². The van der Waals surface area contributed by atoms with E-state index in [1.807, 2.05) is 18.2 Å². The van der Waals surface area contributed by atoms with Gasteiger partial charge in [0.2, 0.25) is 5.95 Å². The van der Waals surface area contributed by atoms with Gasteiger partial charge in [0.15, 0.2) is 0 Å². The van der Waals surface area contributed by atoms with Gasteiger partial charge in [0, 0.05) is 49.1 Å². The van der Waals surface area contributed by atoms with Crippen molar-refractivity contribution in [3.8, 4) is 34.2 Å². The molecule has 0 amide bonds. The lowest BCUT2D eigenvalue weighted by molar-refractivity contribution is 0.669. The molecule has 0 N–H and O–H groups in total. The highest BCUT2D eigenvalue weighted by Crippen LogP contribution is 2.44. The van der Waals surface area contributed by atoms with Crippen LogP contribution >= 0.6 is 0 Å². The van der Waals surface area contributed by atoms with Crippen LogP contribution in [0.4, 0.5) is 0 Å². The highest BCUT2D eigenvalue weighted by molar-refractivity contribution is 6.33. The summed E-state index contributed by atoms with van der Waals surface area (Å²) >= 11 is 0. The van der Waals surface area contributed by atoms with Gasteiger partial charge in [-0.25, -0.2) is 9.97 Å². The molecule has 0 atom stereocenters. The third kappa shape index (κ3) is 4.41. The van der Waals surface area contributed by atoms with Crippen LogP contribution in [0.15, 0.2) is 186 Å². The third-order valence-corrected chi connectivity index (χ3v) is 11.1. The molecule has 0 aliphatic carbocycles. The van der Waals surface area contributed by atoms with Crippen molar-refractivity contribution >= 4 is 76.3 Å². The number of para-hydroxylation sites is 3. The van der Waals surface area contributed by atoms with E-state index in [4.69, 9.17) is 14.4 Å². The lowest BCUT2D eigenvalue weighted by Crippen LogP contribution is -2.04. The maximum atomic E-state index is 6.35. The number of aromatic nitrogens is 4. The molecule has 0 aliphatic rings. The van der Waals surface area contributed by atoms with Crippen molar-refractivity contribution in [2.75, 3.05) is 0 Å². The van der Waals surface area contributed by atoms with E-state index >= 15 is 0 Å². The molecule has 12 rings (SSSR count). The second kappa shape index (κ2) is 11.5. The van der Waals surface area contributed by atoms with E-state index in [2.05, 4.69) is 173 Å². The van der Waals surface area contributed by atoms with Crippen LogP contribution in [0, 0.1) is 0 Å². The minimum atomic E-state index is 0.613. The van der Waals surface area contributed by atoms with Gasteiger partial charge in [-0.05, 0) is 71.4 Å². The lowest BCUT2D eigenvalue weighted by atomic mass is 10.0. The highest BCUT2D eigenvalue weighted by atomic mass is 16.3. The van der Waals surface area contributed by atoms with Crippen molar-refractivity contribution in [3.63, 3.8) is 0 Å². The van der Waals surface area contributed by atoms with Gasteiger partial charge in [-0.3, -0.25) is 4.57 Å². The van der Waals surface area contributed by atoms with Crippen molar-refractivity contribution in [2.45, 2.75) is 0 Å². The number of benzene rings is 8. The Bertz CT molecular complexity index is 3480. The van der Waals surface area contributed by atoms with E-state index in [0.29, 0.717) is 5.95 Å². The number of nitrogens with zero attached hydrogens (tertiary/aromatic N) is 4. The second-order valence-corrected chi connectivity index (χ2v) is 14.2. The summed E-state index contributed by atoms with van der Waals surface area (Å²) in [5, 5.41) is 9.38. The minimum Gasteiger partial charge on any atom is -0.456 e. The molecule has 0 aliphatic heterocycles. The number of rotatable bonds is 4. The monoisotopic (exact) mass is 702 g/mol. The van der Waals surface area contributed by atoms with Gasteiger partial charge in [-0.15, -0.1) is 0 Å². The van der Waals surface area contributed by atoms with Crippen LogP contribution in [-0.4, -0.2) is 19.1 Å². The van der Waals surface area contributed by atoms with E-state index in [0.717, 1.165) is 66.7 Å². The smallest absolute Gasteiger partial charge is 0.235 e. The molecule has 8 aromatic carbocycles. The molecule has 4 heterocycles. The first-order valence-electron chi connectivity index (χ1n) is 18.6. The van der Waals surface area contributed by atoms with Gasteiger partial charge in [-0.1, -0.05) is 121 Å². The molecule has 0 saturated carbocycles. The summed E-state index contributed by atoms with van der Waals surface area (Å²) < 4.78 is 11.0. The topological polar surface area (TPSA) is 48.8 Å². The number of fused-ring (bicyclic) bond motifs is 12. The summed E-state index contributed by atoms with van der Waals surface area (Å²) in [4.78, 5) is 10.8. The Morgan fingerprint density at radius 3 is 1.80 bits per heavy atom. The average molecular weight is 703 g/mol. The molecule has 0 spiro atoms. The Kier molecular flexibility index (Phi) is 6.27. The highest BCUT2D eigenvalue weighted by Gasteiger charge is 2.23. The largest absolute Gasteiger partial charge is 0.456 e. The van der Waals surface area contributed by atoms with E-state index in [1.54, 1.807) is 0 Å². The molecule has 5 heteroatoms. The summed E-state index contributed by atoms with van der Waals surface area (Å²) in [6, 6.07) is 64.1. The fourth-order valence-corrected chi connectivity index (χ4v) is 8.72. The van der Waals surface area contributed by atoms with Crippen LogP contribution in [0.25, 0.3) is 110 Å². The van der Waals surface area contributed by atoms with Crippen molar-refractivity contribution in [3.05, 3.63) is 182 Å². The Morgan fingerprint density at radius 2 is 0.964 bits per heavy atom. The molecule has 0 saturated heterocycles. The molecular weight excluding hydrogens is 673 g/mol. The predicted molar refractivity (Wildman–Crippen MR) is 226 cm³/mol. The normalized spacial score (nSPS) is 12.0. The summed E-state index contributed by atoms with van der Waals surface area (Å²) in [5.74, 6) is 0.613. The summed E-state index contributed by atoms with van der Waals surface area (Å²) in [7, 11) is 0. The van der Waals surface area contributed by atoms with Crippen LogP contribution in [0.5, 0.6) is 0 Å². The molecule has 5 nitrogen and oxygen atoms in total. The zero-order valence-electron chi connectivity index (χ0n) is 29.5. The Balaban J connectivity index is 1.21. The van der Waals surface area contributed by atoms with Crippen LogP contribution in [0.1, 0.15) is 0 Å².